The Hall–Kier alpha value is -2.66. The number of halogens is 1. The lowest BCUT2D eigenvalue weighted by molar-refractivity contribution is -0.116. The Morgan fingerprint density at radius 3 is 2.48 bits per heavy atom. The summed E-state index contributed by atoms with van der Waals surface area (Å²) in [5.41, 5.74) is 4.24. The lowest BCUT2D eigenvalue weighted by Gasteiger charge is -2.09. The van der Waals surface area contributed by atoms with E-state index in [0.717, 1.165) is 19.3 Å². The summed E-state index contributed by atoms with van der Waals surface area (Å²) in [6.45, 7) is 1.39. The minimum Gasteiger partial charge on any atom is -0.326 e. The lowest BCUT2D eigenvalue weighted by Crippen LogP contribution is -2.14. The second-order valence-electron chi connectivity index (χ2n) is 6.68. The van der Waals surface area contributed by atoms with Gasteiger partial charge in [-0.1, -0.05) is 23.7 Å². The quantitative estimate of drug-likeness (QED) is 0.725. The zero-order valence-corrected chi connectivity index (χ0v) is 15.9. The summed E-state index contributed by atoms with van der Waals surface area (Å²) in [5.74, 6) is -0.509. The van der Waals surface area contributed by atoms with Gasteiger partial charge in [-0.15, -0.1) is 0 Å². The number of fused-ring (bicyclic) bond motifs is 1. The highest BCUT2D eigenvalue weighted by Crippen LogP contribution is 2.26. The van der Waals surface area contributed by atoms with Crippen molar-refractivity contribution in [3.8, 4) is 0 Å². The molecule has 5 nitrogen and oxygen atoms in total. The molecule has 0 saturated heterocycles. The minimum atomic E-state index is -0.257. The van der Waals surface area contributed by atoms with Gasteiger partial charge in [-0.25, -0.2) is 0 Å². The van der Waals surface area contributed by atoms with Crippen LogP contribution < -0.4 is 10.6 Å². The number of Topliss-reactive ketones (excluding diaryl/α,β-unsaturated/α-hetero) is 1. The molecule has 2 amide bonds. The molecule has 2 aromatic rings. The molecule has 1 aliphatic rings. The van der Waals surface area contributed by atoms with Crippen LogP contribution in [0.15, 0.2) is 36.4 Å². The van der Waals surface area contributed by atoms with Gasteiger partial charge in [0.15, 0.2) is 5.78 Å². The van der Waals surface area contributed by atoms with Crippen LogP contribution in [-0.2, 0) is 22.4 Å². The van der Waals surface area contributed by atoms with Crippen molar-refractivity contribution in [2.45, 2.75) is 39.0 Å². The summed E-state index contributed by atoms with van der Waals surface area (Å²) in [6, 6.07) is 10.7. The van der Waals surface area contributed by atoms with Gasteiger partial charge in [0.2, 0.25) is 11.8 Å². The van der Waals surface area contributed by atoms with Crippen molar-refractivity contribution in [1.82, 2.24) is 0 Å². The molecular weight excluding hydrogens is 364 g/mol. The highest BCUT2D eigenvalue weighted by atomic mass is 35.5. The average molecular weight is 385 g/mol. The van der Waals surface area contributed by atoms with E-state index in [2.05, 4.69) is 10.6 Å². The van der Waals surface area contributed by atoms with Crippen LogP contribution in [0.4, 0.5) is 11.4 Å². The van der Waals surface area contributed by atoms with Gasteiger partial charge in [-0.3, -0.25) is 14.4 Å². The molecule has 27 heavy (non-hydrogen) atoms. The molecule has 0 unspecified atom stereocenters. The second kappa shape index (κ2) is 8.35. The van der Waals surface area contributed by atoms with E-state index in [0.29, 0.717) is 22.0 Å². The van der Waals surface area contributed by atoms with Crippen LogP contribution in [0, 0.1) is 0 Å². The first kappa shape index (κ1) is 19.1. The SMILES string of the molecule is CC(=O)Nc1ccc(NC(=O)CCC(=O)c2ccc3c(c2)CCC3)cc1Cl. The molecule has 1 aliphatic carbocycles. The Morgan fingerprint density at radius 1 is 0.963 bits per heavy atom. The molecule has 140 valence electrons. The summed E-state index contributed by atoms with van der Waals surface area (Å²) in [4.78, 5) is 35.6. The zero-order valence-electron chi connectivity index (χ0n) is 15.1. The van der Waals surface area contributed by atoms with Crippen molar-refractivity contribution >= 4 is 40.6 Å². The highest BCUT2D eigenvalue weighted by Gasteiger charge is 2.15. The Morgan fingerprint density at radius 2 is 1.74 bits per heavy atom. The first-order valence-corrected chi connectivity index (χ1v) is 9.32. The van der Waals surface area contributed by atoms with Crippen molar-refractivity contribution in [3.05, 3.63) is 58.1 Å². The van der Waals surface area contributed by atoms with E-state index in [1.165, 1.54) is 18.1 Å². The molecule has 2 aromatic carbocycles. The number of amides is 2. The molecule has 2 N–H and O–H groups in total. The Kier molecular flexibility index (Phi) is 5.91. The molecule has 0 aromatic heterocycles. The van der Waals surface area contributed by atoms with Crippen LogP contribution >= 0.6 is 11.6 Å². The molecular formula is C21H21ClN2O3. The molecule has 0 heterocycles. The van der Waals surface area contributed by atoms with Gasteiger partial charge in [-0.05, 0) is 54.7 Å². The molecule has 0 aliphatic heterocycles. The number of ketones is 1. The summed E-state index contributed by atoms with van der Waals surface area (Å²) >= 11 is 6.09. The maximum absolute atomic E-state index is 12.4. The first-order valence-electron chi connectivity index (χ1n) is 8.94. The number of carbonyl (C=O) groups is 3. The normalized spacial score (nSPS) is 12.4. The third kappa shape index (κ3) is 4.95. The Labute approximate surface area is 163 Å². The standard InChI is InChI=1S/C21H21ClN2O3/c1-13(25)23-19-8-7-17(12-18(19)22)24-21(27)10-9-20(26)16-6-5-14-3-2-4-15(14)11-16/h5-8,11-12H,2-4,9-10H2,1H3,(H,23,25)(H,24,27). The third-order valence-corrected chi connectivity index (χ3v) is 4.88. The topological polar surface area (TPSA) is 75.3 Å². The second-order valence-corrected chi connectivity index (χ2v) is 7.09. The molecule has 0 atom stereocenters. The fourth-order valence-electron chi connectivity index (χ4n) is 3.22. The van der Waals surface area contributed by atoms with E-state index in [4.69, 9.17) is 11.6 Å². The average Bonchev–Trinajstić information content (AvgIpc) is 3.09. The molecule has 0 spiro atoms. The van der Waals surface area contributed by atoms with Crippen molar-refractivity contribution in [2.75, 3.05) is 10.6 Å². The van der Waals surface area contributed by atoms with Crippen molar-refractivity contribution in [3.63, 3.8) is 0 Å². The number of hydrogen-bond donors (Lipinski definition) is 2. The lowest BCUT2D eigenvalue weighted by atomic mass is 10.0. The van der Waals surface area contributed by atoms with Gasteiger partial charge in [0.25, 0.3) is 0 Å². The number of aryl methyl sites for hydroxylation is 2. The Bertz CT molecular complexity index is 908. The molecule has 0 bridgehead atoms. The van der Waals surface area contributed by atoms with Crippen LogP contribution in [0.1, 0.15) is 47.7 Å². The van der Waals surface area contributed by atoms with E-state index in [9.17, 15) is 14.4 Å². The highest BCUT2D eigenvalue weighted by molar-refractivity contribution is 6.34. The van der Waals surface area contributed by atoms with E-state index in [-0.39, 0.29) is 30.4 Å². The number of anilines is 2. The maximum Gasteiger partial charge on any atom is 0.224 e. The number of nitrogens with one attached hydrogen (secondary N) is 2. The molecule has 6 heteroatoms. The molecule has 0 saturated carbocycles. The van der Waals surface area contributed by atoms with Gasteiger partial charge < -0.3 is 10.6 Å². The van der Waals surface area contributed by atoms with Crippen LogP contribution in [0.5, 0.6) is 0 Å². The van der Waals surface area contributed by atoms with E-state index in [1.54, 1.807) is 18.2 Å². The predicted octanol–water partition coefficient (Wildman–Crippen LogP) is 4.39. The number of rotatable bonds is 6. The summed E-state index contributed by atoms with van der Waals surface area (Å²) in [7, 11) is 0. The monoisotopic (exact) mass is 384 g/mol. The van der Waals surface area contributed by atoms with Gasteiger partial charge in [0, 0.05) is 31.0 Å². The maximum atomic E-state index is 12.4. The molecule has 0 fully saturated rings. The number of benzene rings is 2. The van der Waals surface area contributed by atoms with Crippen LogP contribution in [0.3, 0.4) is 0 Å². The van der Waals surface area contributed by atoms with Crippen LogP contribution in [0.25, 0.3) is 0 Å². The largest absolute Gasteiger partial charge is 0.326 e. The van der Waals surface area contributed by atoms with Gasteiger partial charge in [0.05, 0.1) is 10.7 Å². The molecule has 0 radical (unpaired) electrons. The summed E-state index contributed by atoms with van der Waals surface area (Å²) in [5, 5.41) is 5.66. The number of carbonyl (C=O) groups excluding carboxylic acids is 3. The van der Waals surface area contributed by atoms with E-state index < -0.39 is 0 Å². The van der Waals surface area contributed by atoms with Crippen molar-refractivity contribution < 1.29 is 14.4 Å². The van der Waals surface area contributed by atoms with Crippen molar-refractivity contribution in [1.29, 1.82) is 0 Å². The zero-order chi connectivity index (χ0) is 19.4. The van der Waals surface area contributed by atoms with Crippen molar-refractivity contribution in [2.24, 2.45) is 0 Å². The van der Waals surface area contributed by atoms with Gasteiger partial charge in [-0.2, -0.15) is 0 Å². The fraction of sp³-hybridized carbons (Fsp3) is 0.286. The summed E-state index contributed by atoms with van der Waals surface area (Å²) < 4.78 is 0. The fourth-order valence-corrected chi connectivity index (χ4v) is 3.45. The van der Waals surface area contributed by atoms with E-state index >= 15 is 0 Å². The van der Waals surface area contributed by atoms with Gasteiger partial charge >= 0.3 is 0 Å². The van der Waals surface area contributed by atoms with Gasteiger partial charge in [0.1, 0.15) is 0 Å². The smallest absolute Gasteiger partial charge is 0.224 e. The predicted molar refractivity (Wildman–Crippen MR) is 106 cm³/mol. The number of hydrogen-bond acceptors (Lipinski definition) is 3. The molecule has 3 rings (SSSR count). The Balaban J connectivity index is 1.54. The van der Waals surface area contributed by atoms with E-state index in [1.807, 2.05) is 18.2 Å². The summed E-state index contributed by atoms with van der Waals surface area (Å²) in [6.07, 6.45) is 3.49. The minimum absolute atomic E-state index is 0.0288. The third-order valence-electron chi connectivity index (χ3n) is 4.56. The van der Waals surface area contributed by atoms with Crippen LogP contribution in [0.2, 0.25) is 5.02 Å². The first-order chi connectivity index (χ1) is 12.9. The van der Waals surface area contributed by atoms with Crippen LogP contribution in [-0.4, -0.2) is 17.6 Å².